The van der Waals surface area contributed by atoms with Crippen molar-refractivity contribution in [3.63, 3.8) is 0 Å². The van der Waals surface area contributed by atoms with Crippen molar-refractivity contribution in [2.75, 3.05) is 5.32 Å². The fourth-order valence-corrected chi connectivity index (χ4v) is 2.61. The minimum absolute atomic E-state index is 0.0298. The Labute approximate surface area is 113 Å². The molecule has 0 bridgehead atoms. The number of nitro benzene ring substituents is 1. The zero-order chi connectivity index (χ0) is 13.1. The van der Waals surface area contributed by atoms with Gasteiger partial charge in [0.05, 0.1) is 17.1 Å². The van der Waals surface area contributed by atoms with Crippen molar-refractivity contribution in [1.82, 2.24) is 0 Å². The van der Waals surface area contributed by atoms with E-state index >= 15 is 0 Å². The SMILES string of the molecule is O=[N+]([O-])c1cc(Br)ccc1NC1CCCCC1O. The summed E-state index contributed by atoms with van der Waals surface area (Å²) in [7, 11) is 0. The number of nitro groups is 1. The van der Waals surface area contributed by atoms with E-state index in [0.717, 1.165) is 25.7 Å². The van der Waals surface area contributed by atoms with Crippen LogP contribution < -0.4 is 5.32 Å². The molecule has 1 aromatic rings. The third-order valence-corrected chi connectivity index (χ3v) is 3.72. The molecule has 0 aliphatic heterocycles. The summed E-state index contributed by atoms with van der Waals surface area (Å²) in [5, 5.41) is 23.9. The van der Waals surface area contributed by atoms with Crippen LogP contribution >= 0.6 is 15.9 Å². The summed E-state index contributed by atoms with van der Waals surface area (Å²) >= 11 is 3.22. The van der Waals surface area contributed by atoms with E-state index in [1.54, 1.807) is 12.1 Å². The van der Waals surface area contributed by atoms with Gasteiger partial charge in [0.2, 0.25) is 0 Å². The second-order valence-electron chi connectivity index (χ2n) is 4.52. The Morgan fingerprint density at radius 1 is 1.39 bits per heavy atom. The van der Waals surface area contributed by atoms with Gasteiger partial charge in [0.25, 0.3) is 5.69 Å². The highest BCUT2D eigenvalue weighted by Crippen LogP contribution is 2.30. The van der Waals surface area contributed by atoms with Crippen molar-refractivity contribution in [2.24, 2.45) is 0 Å². The van der Waals surface area contributed by atoms with Gasteiger partial charge in [0, 0.05) is 10.5 Å². The molecule has 2 N–H and O–H groups in total. The van der Waals surface area contributed by atoms with Gasteiger partial charge in [-0.05, 0) is 25.0 Å². The highest BCUT2D eigenvalue weighted by molar-refractivity contribution is 9.10. The van der Waals surface area contributed by atoms with Crippen molar-refractivity contribution in [1.29, 1.82) is 0 Å². The molecule has 1 aliphatic carbocycles. The van der Waals surface area contributed by atoms with Gasteiger partial charge < -0.3 is 10.4 Å². The minimum Gasteiger partial charge on any atom is -0.391 e. The first-order valence-corrected chi connectivity index (χ1v) is 6.76. The molecule has 2 atom stereocenters. The highest BCUT2D eigenvalue weighted by Gasteiger charge is 2.25. The first kappa shape index (κ1) is 13.3. The smallest absolute Gasteiger partial charge is 0.293 e. The summed E-state index contributed by atoms with van der Waals surface area (Å²) in [5.41, 5.74) is 0.497. The zero-order valence-electron chi connectivity index (χ0n) is 9.80. The third kappa shape index (κ3) is 3.00. The highest BCUT2D eigenvalue weighted by atomic mass is 79.9. The number of rotatable bonds is 3. The number of aliphatic hydroxyl groups excluding tert-OH is 1. The van der Waals surface area contributed by atoms with E-state index in [0.29, 0.717) is 10.2 Å². The van der Waals surface area contributed by atoms with E-state index in [-0.39, 0.29) is 11.7 Å². The lowest BCUT2D eigenvalue weighted by Gasteiger charge is -2.29. The summed E-state index contributed by atoms with van der Waals surface area (Å²) in [6.45, 7) is 0. The Hall–Kier alpha value is -1.14. The Morgan fingerprint density at radius 2 is 2.11 bits per heavy atom. The van der Waals surface area contributed by atoms with Crippen LogP contribution in [0.1, 0.15) is 25.7 Å². The molecule has 6 heteroatoms. The van der Waals surface area contributed by atoms with Gasteiger partial charge in [0.1, 0.15) is 5.69 Å². The van der Waals surface area contributed by atoms with E-state index in [1.807, 2.05) is 0 Å². The summed E-state index contributed by atoms with van der Waals surface area (Å²) in [6.07, 6.45) is 3.22. The number of nitrogens with one attached hydrogen (secondary N) is 1. The number of aliphatic hydroxyl groups is 1. The third-order valence-electron chi connectivity index (χ3n) is 3.23. The van der Waals surface area contributed by atoms with Gasteiger partial charge in [-0.3, -0.25) is 10.1 Å². The molecular weight excluding hydrogens is 300 g/mol. The molecule has 1 fully saturated rings. The van der Waals surface area contributed by atoms with Crippen LogP contribution in [0.5, 0.6) is 0 Å². The number of benzene rings is 1. The van der Waals surface area contributed by atoms with E-state index in [2.05, 4.69) is 21.2 Å². The van der Waals surface area contributed by atoms with Crippen molar-refractivity contribution in [3.05, 3.63) is 32.8 Å². The molecule has 98 valence electrons. The van der Waals surface area contributed by atoms with Crippen LogP contribution in [0.4, 0.5) is 11.4 Å². The Kier molecular flexibility index (Phi) is 4.19. The van der Waals surface area contributed by atoms with Gasteiger partial charge in [0.15, 0.2) is 0 Å². The number of hydrogen-bond acceptors (Lipinski definition) is 4. The molecule has 5 nitrogen and oxygen atoms in total. The molecule has 2 rings (SSSR count). The van der Waals surface area contributed by atoms with Gasteiger partial charge in [-0.15, -0.1) is 0 Å². The predicted octanol–water partition coefficient (Wildman–Crippen LogP) is 3.07. The lowest BCUT2D eigenvalue weighted by molar-refractivity contribution is -0.384. The Bertz CT molecular complexity index is 453. The topological polar surface area (TPSA) is 75.4 Å². The van der Waals surface area contributed by atoms with E-state index in [1.165, 1.54) is 6.07 Å². The van der Waals surface area contributed by atoms with E-state index in [9.17, 15) is 15.2 Å². The lowest BCUT2D eigenvalue weighted by atomic mass is 9.92. The Morgan fingerprint density at radius 3 is 2.78 bits per heavy atom. The minimum atomic E-state index is -0.429. The molecule has 1 aliphatic rings. The molecule has 1 aromatic carbocycles. The quantitative estimate of drug-likeness (QED) is 0.664. The molecule has 2 unspecified atom stereocenters. The molecule has 0 heterocycles. The second kappa shape index (κ2) is 5.67. The number of halogens is 1. The normalized spacial score (nSPS) is 23.7. The zero-order valence-corrected chi connectivity index (χ0v) is 11.4. The summed E-state index contributed by atoms with van der Waals surface area (Å²) in [6, 6.07) is 4.80. The van der Waals surface area contributed by atoms with Gasteiger partial charge in [-0.25, -0.2) is 0 Å². The standard InChI is InChI=1S/C12H15BrN2O3/c13-8-5-6-9(11(7-8)15(17)18)14-10-3-1-2-4-12(10)16/h5-7,10,12,14,16H,1-4H2. The van der Waals surface area contributed by atoms with Crippen molar-refractivity contribution < 1.29 is 10.0 Å². The first-order valence-electron chi connectivity index (χ1n) is 5.96. The van der Waals surface area contributed by atoms with Gasteiger partial charge in [-0.2, -0.15) is 0 Å². The lowest BCUT2D eigenvalue weighted by Crippen LogP contribution is -2.36. The molecule has 0 radical (unpaired) electrons. The van der Waals surface area contributed by atoms with Crippen molar-refractivity contribution >= 4 is 27.3 Å². The molecule has 1 saturated carbocycles. The van der Waals surface area contributed by atoms with Crippen LogP contribution in [0.3, 0.4) is 0 Å². The molecule has 0 spiro atoms. The molecule has 0 aromatic heterocycles. The molecule has 0 amide bonds. The van der Waals surface area contributed by atoms with Crippen LogP contribution in [0.25, 0.3) is 0 Å². The van der Waals surface area contributed by atoms with E-state index < -0.39 is 11.0 Å². The second-order valence-corrected chi connectivity index (χ2v) is 5.44. The molecular formula is C12H15BrN2O3. The largest absolute Gasteiger partial charge is 0.391 e. The summed E-state index contributed by atoms with van der Waals surface area (Å²) in [5.74, 6) is 0. The molecule has 18 heavy (non-hydrogen) atoms. The van der Waals surface area contributed by atoms with Crippen LogP contribution in [-0.2, 0) is 0 Å². The monoisotopic (exact) mass is 314 g/mol. The first-order chi connectivity index (χ1) is 8.58. The number of nitrogens with zero attached hydrogens (tertiary/aromatic N) is 1. The number of hydrogen-bond donors (Lipinski definition) is 2. The van der Waals surface area contributed by atoms with Gasteiger partial charge >= 0.3 is 0 Å². The fraction of sp³-hybridized carbons (Fsp3) is 0.500. The predicted molar refractivity (Wildman–Crippen MR) is 72.7 cm³/mol. The maximum absolute atomic E-state index is 11.0. The average molecular weight is 315 g/mol. The van der Waals surface area contributed by atoms with Crippen molar-refractivity contribution in [3.8, 4) is 0 Å². The average Bonchev–Trinajstić information content (AvgIpc) is 2.34. The maximum Gasteiger partial charge on any atom is 0.293 e. The van der Waals surface area contributed by atoms with Crippen LogP contribution in [0, 0.1) is 10.1 Å². The maximum atomic E-state index is 11.0. The fourth-order valence-electron chi connectivity index (χ4n) is 2.26. The summed E-state index contributed by atoms with van der Waals surface area (Å²) < 4.78 is 0.670. The van der Waals surface area contributed by atoms with Crippen LogP contribution in [0.2, 0.25) is 0 Å². The Balaban J connectivity index is 2.20. The van der Waals surface area contributed by atoms with Crippen LogP contribution in [0.15, 0.2) is 22.7 Å². The van der Waals surface area contributed by atoms with E-state index in [4.69, 9.17) is 0 Å². The van der Waals surface area contributed by atoms with Gasteiger partial charge in [-0.1, -0.05) is 28.8 Å². The van der Waals surface area contributed by atoms with Crippen LogP contribution in [-0.4, -0.2) is 22.2 Å². The van der Waals surface area contributed by atoms with Crippen molar-refractivity contribution in [2.45, 2.75) is 37.8 Å². The number of anilines is 1. The summed E-state index contributed by atoms with van der Waals surface area (Å²) in [4.78, 5) is 10.6. The molecule has 0 saturated heterocycles.